The van der Waals surface area contributed by atoms with Gasteiger partial charge in [0, 0.05) is 25.4 Å². The number of β-lactam (4-membered cyclic amide) rings is 1. The van der Waals surface area contributed by atoms with Gasteiger partial charge < -0.3 is 26.2 Å². The number of ketones is 1. The lowest BCUT2D eigenvalue weighted by molar-refractivity contribution is -0.156. The highest BCUT2D eigenvalue weighted by atomic mass is 31.2. The van der Waals surface area contributed by atoms with Gasteiger partial charge in [0.15, 0.2) is 5.78 Å². The van der Waals surface area contributed by atoms with Crippen LogP contribution in [0.25, 0.3) is 0 Å². The predicted octanol–water partition coefficient (Wildman–Crippen LogP) is 2.84. The van der Waals surface area contributed by atoms with Gasteiger partial charge in [-0.3, -0.25) is 9.59 Å². The molecule has 1 aliphatic rings. The summed E-state index contributed by atoms with van der Waals surface area (Å²) in [6.07, 6.45) is -1.31. The quantitative estimate of drug-likeness (QED) is 0.115. The van der Waals surface area contributed by atoms with E-state index in [1.54, 1.807) is 24.3 Å². The number of rotatable bonds is 11. The van der Waals surface area contributed by atoms with Crippen LogP contribution in [0.5, 0.6) is 0 Å². The highest BCUT2D eigenvalue weighted by molar-refractivity contribution is 7.96. The fourth-order valence-corrected chi connectivity index (χ4v) is 10.4. The van der Waals surface area contributed by atoms with E-state index in [9.17, 15) is 29.4 Å². The van der Waals surface area contributed by atoms with Gasteiger partial charge in [-0.1, -0.05) is 115 Å². The van der Waals surface area contributed by atoms with Gasteiger partial charge in [0.1, 0.15) is 5.42 Å². The first kappa shape index (κ1) is 31.4. The minimum absolute atomic E-state index is 0.112. The second kappa shape index (κ2) is 13.3. The van der Waals surface area contributed by atoms with Crippen LogP contribution in [0.3, 0.4) is 0 Å². The van der Waals surface area contributed by atoms with Gasteiger partial charge in [-0.05, 0) is 28.4 Å². The Hall–Kier alpha value is -4.98. The lowest BCUT2D eigenvalue weighted by atomic mass is 9.79. The summed E-state index contributed by atoms with van der Waals surface area (Å²) in [6, 6.07) is 32.9. The summed E-state index contributed by atoms with van der Waals surface area (Å²) in [5.74, 6) is -3.10. The number of aliphatic carboxylic acids is 1. The number of aliphatic hydroxyl groups excluding tert-OH is 1. The molecule has 0 saturated carbocycles. The van der Waals surface area contributed by atoms with Crippen molar-refractivity contribution < 1.29 is 29.4 Å². The third-order valence-electron chi connectivity index (χ3n) is 8.09. The molecule has 5 rings (SSSR count). The number of carboxylic acid groups (broad SMARTS) is 1. The summed E-state index contributed by atoms with van der Waals surface area (Å²) in [5, 5.41) is 26.4. The molecule has 9 nitrogen and oxygen atoms in total. The molecular formula is C35H34N3O6P. The Morgan fingerprint density at radius 1 is 0.822 bits per heavy atom. The Morgan fingerprint density at radius 2 is 1.29 bits per heavy atom. The second-order valence-corrected chi connectivity index (χ2v) is 14.2. The monoisotopic (exact) mass is 623 g/mol. The molecule has 0 unspecified atom stereocenters. The van der Waals surface area contributed by atoms with Crippen LogP contribution in [0.2, 0.25) is 0 Å². The van der Waals surface area contributed by atoms with Gasteiger partial charge in [-0.15, -0.1) is 0 Å². The molecule has 1 heterocycles. The van der Waals surface area contributed by atoms with Crippen LogP contribution < -0.4 is 27.0 Å². The number of primary amides is 1. The Morgan fingerprint density at radius 3 is 1.69 bits per heavy atom. The number of carbonyl (C=O) groups excluding carboxylic acids is 3. The van der Waals surface area contributed by atoms with Gasteiger partial charge in [-0.2, -0.15) is 0 Å². The molecule has 0 bridgehead atoms. The largest absolute Gasteiger partial charge is 0.477 e. The first-order valence-electron chi connectivity index (χ1n) is 14.5. The number of carboxylic acids is 1. The van der Waals surface area contributed by atoms with Crippen molar-refractivity contribution in [3.05, 3.63) is 126 Å². The average Bonchev–Trinajstić information content (AvgIpc) is 3.04. The van der Waals surface area contributed by atoms with Crippen LogP contribution in [-0.2, 0) is 16.1 Å². The predicted molar refractivity (Wildman–Crippen MR) is 175 cm³/mol. The summed E-state index contributed by atoms with van der Waals surface area (Å²) < 4.78 is 0. The number of likely N-dealkylation sites (tertiary alicyclic amines) is 1. The van der Waals surface area contributed by atoms with Crippen LogP contribution in [-0.4, -0.2) is 56.4 Å². The van der Waals surface area contributed by atoms with Crippen molar-refractivity contribution >= 4 is 51.9 Å². The molecule has 1 saturated heterocycles. The molecule has 4 aromatic carbocycles. The van der Waals surface area contributed by atoms with Crippen molar-refractivity contribution in [3.8, 4) is 0 Å². The number of hydrogen-bond acceptors (Lipinski definition) is 5. The summed E-state index contributed by atoms with van der Waals surface area (Å²) in [7, 11) is 0. The van der Waals surface area contributed by atoms with Gasteiger partial charge in [0.25, 0.3) is 0 Å². The molecule has 0 aromatic heterocycles. The Kier molecular flexibility index (Phi) is 9.32. The zero-order valence-electron chi connectivity index (χ0n) is 24.6. The van der Waals surface area contributed by atoms with E-state index in [4.69, 9.17) is 5.73 Å². The fourth-order valence-electron chi connectivity index (χ4n) is 6.06. The molecular weight excluding hydrogens is 589 g/mol. The number of amides is 3. The van der Waals surface area contributed by atoms with Crippen molar-refractivity contribution in [2.24, 2.45) is 11.7 Å². The molecule has 230 valence electrons. The molecule has 10 heteroatoms. The number of nitrogens with zero attached hydrogens (tertiary/aromatic N) is 1. The van der Waals surface area contributed by atoms with Gasteiger partial charge in [0.05, 0.1) is 18.1 Å². The van der Waals surface area contributed by atoms with E-state index in [-0.39, 0.29) is 24.2 Å². The molecule has 4 aromatic rings. The minimum Gasteiger partial charge on any atom is -0.477 e. The first-order chi connectivity index (χ1) is 21.7. The SMILES string of the molecule is C[C@@H](O)[C@H]1C(=O)N(C(C(=O)O)=P(c2ccccc2)(c2ccccc2)c2ccccc2)[C@@H]1CC(=O)c1ccc(CNC(N)=O)cc1. The van der Waals surface area contributed by atoms with Crippen LogP contribution in [0.4, 0.5) is 4.79 Å². The van der Waals surface area contributed by atoms with Crippen molar-refractivity contribution in [1.82, 2.24) is 10.2 Å². The lowest BCUT2D eigenvalue weighted by Crippen LogP contribution is -2.68. The molecule has 0 spiro atoms. The standard InChI is InChI=1S/C35H34N3O6P/c1-23(39)31-29(21-30(40)25-19-17-24(18-20-25)22-37-35(36)44)38(32(31)41)33(34(42)43)45(26-11-5-2-6-12-26,27-13-7-3-8-14-27)28-15-9-4-10-16-28/h2-20,23,29,31,39H,21-22H2,1H3,(H,42,43)(H3,36,37,44)/t23-,29-,31-/m1/s1. The molecule has 3 atom stereocenters. The summed E-state index contributed by atoms with van der Waals surface area (Å²) in [4.78, 5) is 53.5. The van der Waals surface area contributed by atoms with E-state index in [0.717, 1.165) is 21.5 Å². The van der Waals surface area contributed by atoms with Crippen LogP contribution >= 0.6 is 6.89 Å². The van der Waals surface area contributed by atoms with Crippen LogP contribution in [0.15, 0.2) is 115 Å². The molecule has 0 radical (unpaired) electrons. The van der Waals surface area contributed by atoms with Gasteiger partial charge >= 0.3 is 12.0 Å². The van der Waals surface area contributed by atoms with E-state index in [1.165, 1.54) is 11.8 Å². The Balaban J connectivity index is 1.70. The highest BCUT2D eigenvalue weighted by Crippen LogP contribution is 2.49. The molecule has 5 N–H and O–H groups in total. The summed E-state index contributed by atoms with van der Waals surface area (Å²) in [5.41, 5.74) is 6.12. The van der Waals surface area contributed by atoms with Crippen LogP contribution in [0.1, 0.15) is 29.3 Å². The molecule has 45 heavy (non-hydrogen) atoms. The number of carbonyl (C=O) groups is 4. The summed E-state index contributed by atoms with van der Waals surface area (Å²) in [6.45, 7) is -1.55. The number of hydrogen-bond donors (Lipinski definition) is 4. The maximum Gasteiger partial charge on any atom is 0.353 e. The van der Waals surface area contributed by atoms with E-state index in [1.807, 2.05) is 91.0 Å². The normalized spacial score (nSPS) is 16.8. The zero-order chi connectivity index (χ0) is 32.1. The van der Waals surface area contributed by atoms with E-state index in [0.29, 0.717) is 5.56 Å². The Labute approximate surface area is 261 Å². The van der Waals surface area contributed by atoms with Crippen molar-refractivity contribution in [3.63, 3.8) is 0 Å². The van der Waals surface area contributed by atoms with E-state index >= 15 is 0 Å². The minimum atomic E-state index is -3.23. The van der Waals surface area contributed by atoms with E-state index < -0.39 is 42.9 Å². The fraction of sp³-hybridized carbons (Fsp3) is 0.171. The maximum atomic E-state index is 13.9. The second-order valence-electron chi connectivity index (χ2n) is 10.9. The molecule has 3 amide bonds. The Bertz CT molecular complexity index is 1660. The number of nitrogens with one attached hydrogen (secondary N) is 1. The third-order valence-corrected chi connectivity index (χ3v) is 12.4. The van der Waals surface area contributed by atoms with Crippen molar-refractivity contribution in [2.75, 3.05) is 0 Å². The molecule has 1 aliphatic heterocycles. The number of nitrogens with two attached hydrogens (primary N) is 1. The lowest BCUT2D eigenvalue weighted by Gasteiger charge is -2.50. The number of urea groups is 1. The van der Waals surface area contributed by atoms with Crippen molar-refractivity contribution in [2.45, 2.75) is 32.0 Å². The smallest absolute Gasteiger partial charge is 0.353 e. The number of benzene rings is 4. The maximum absolute atomic E-state index is 13.9. The number of Topliss-reactive ketones (excluding diaryl/α,β-unsaturated/α-hetero) is 1. The molecule has 1 fully saturated rings. The molecule has 0 aliphatic carbocycles. The highest BCUT2D eigenvalue weighted by Gasteiger charge is 2.55. The topological polar surface area (TPSA) is 150 Å². The number of aliphatic hydroxyl groups is 1. The van der Waals surface area contributed by atoms with Crippen molar-refractivity contribution in [1.29, 1.82) is 0 Å². The van der Waals surface area contributed by atoms with Gasteiger partial charge in [-0.25, -0.2) is 9.59 Å². The average molecular weight is 624 g/mol. The summed E-state index contributed by atoms with van der Waals surface area (Å²) >= 11 is 0. The third kappa shape index (κ3) is 6.05. The zero-order valence-corrected chi connectivity index (χ0v) is 25.5. The van der Waals surface area contributed by atoms with Gasteiger partial charge in [0.2, 0.25) is 5.91 Å². The van der Waals surface area contributed by atoms with Crippen LogP contribution in [0, 0.1) is 5.92 Å². The first-order valence-corrected chi connectivity index (χ1v) is 16.3. The van der Waals surface area contributed by atoms with E-state index in [2.05, 4.69) is 5.32 Å².